The zero-order chi connectivity index (χ0) is 29.4. The number of aliphatic hydroxyl groups is 1. The number of nitrogens with zero attached hydrogens (tertiary/aromatic N) is 1. The van der Waals surface area contributed by atoms with Crippen molar-refractivity contribution in [3.63, 3.8) is 0 Å². The van der Waals surface area contributed by atoms with Crippen LogP contribution in [0, 0.1) is 17.8 Å². The van der Waals surface area contributed by atoms with Crippen molar-refractivity contribution in [3.8, 4) is 0 Å². The van der Waals surface area contributed by atoms with Gasteiger partial charge in [0, 0.05) is 18.2 Å². The van der Waals surface area contributed by atoms with E-state index in [4.69, 9.17) is 15.9 Å². The number of nitrogens with two attached hydrogens (primary N) is 2. The first-order chi connectivity index (χ1) is 18.2. The second-order valence-corrected chi connectivity index (χ2v) is 18.1. The lowest BCUT2D eigenvalue weighted by atomic mass is 9.81. The summed E-state index contributed by atoms with van der Waals surface area (Å²) in [5.74, 6) is -0.579. The number of aliphatic hydroxyl groups excluding tert-OH is 1. The quantitative estimate of drug-likeness (QED) is 0.245. The van der Waals surface area contributed by atoms with Crippen LogP contribution in [0.3, 0.4) is 0 Å². The monoisotopic (exact) mass is 562 g/mol. The number of carbonyl (C=O) groups is 2. The molecule has 1 aliphatic rings. The zero-order valence-corrected chi connectivity index (χ0v) is 26.3. The number of aromatic nitrogens is 1. The number of carbonyl (C=O) groups excluding carboxylic acids is 2. The Balaban J connectivity index is 2.32. The molecule has 1 aliphatic carbocycles. The maximum absolute atomic E-state index is 13.8. The molecule has 0 spiro atoms. The van der Waals surface area contributed by atoms with Gasteiger partial charge in [0.15, 0.2) is 14.1 Å². The molecule has 0 saturated heterocycles. The predicted molar refractivity (Wildman–Crippen MR) is 159 cm³/mol. The third-order valence-corrected chi connectivity index (χ3v) is 13.3. The average Bonchev–Trinajstić information content (AvgIpc) is 2.88. The molecule has 0 bridgehead atoms. The van der Waals surface area contributed by atoms with Crippen LogP contribution in [0.4, 0.5) is 0 Å². The van der Waals surface area contributed by atoms with Crippen LogP contribution in [0.15, 0.2) is 24.4 Å². The van der Waals surface area contributed by atoms with Crippen molar-refractivity contribution in [2.24, 2.45) is 29.2 Å². The fraction of sp³-hybridized carbons (Fsp3) is 0.767. The normalized spacial score (nSPS) is 19.3. The van der Waals surface area contributed by atoms with Crippen molar-refractivity contribution >= 4 is 20.0 Å². The lowest BCUT2D eigenvalue weighted by molar-refractivity contribution is -0.133. The maximum Gasteiger partial charge on any atom is 0.224 e. The average molecular weight is 563 g/mol. The van der Waals surface area contributed by atoms with Crippen LogP contribution in [-0.4, -0.2) is 54.9 Å². The summed E-state index contributed by atoms with van der Waals surface area (Å²) in [7, 11) is -2.18. The highest BCUT2D eigenvalue weighted by Gasteiger charge is 2.42. The molecule has 0 aliphatic heterocycles. The summed E-state index contributed by atoms with van der Waals surface area (Å²) < 4.78 is 6.93. The molecule has 5 atom stereocenters. The number of amides is 1. The molecule has 1 aromatic heterocycles. The summed E-state index contributed by atoms with van der Waals surface area (Å²) in [6, 6.07) is 2.85. The van der Waals surface area contributed by atoms with E-state index in [0.717, 1.165) is 6.42 Å². The van der Waals surface area contributed by atoms with Crippen LogP contribution in [0.2, 0.25) is 18.1 Å². The first kappa shape index (κ1) is 33.6. The molecule has 1 amide bonds. The molecule has 1 fully saturated rings. The summed E-state index contributed by atoms with van der Waals surface area (Å²) in [6.45, 7) is 14.6. The lowest BCUT2D eigenvalue weighted by Gasteiger charge is -2.42. The van der Waals surface area contributed by atoms with Crippen molar-refractivity contribution in [3.05, 3.63) is 30.1 Å². The van der Waals surface area contributed by atoms with E-state index in [1.165, 1.54) is 32.1 Å². The predicted octanol–water partition coefficient (Wildman–Crippen LogP) is 4.48. The van der Waals surface area contributed by atoms with Gasteiger partial charge in [-0.15, -0.1) is 0 Å². The number of hydrogen-bond donors (Lipinski definition) is 4. The van der Waals surface area contributed by atoms with Gasteiger partial charge in [0.25, 0.3) is 0 Å². The summed E-state index contributed by atoms with van der Waals surface area (Å²) in [5.41, 5.74) is 13.2. The van der Waals surface area contributed by atoms with Gasteiger partial charge in [0.1, 0.15) is 6.04 Å². The smallest absolute Gasteiger partial charge is 0.224 e. The first-order valence-corrected chi connectivity index (χ1v) is 17.6. The van der Waals surface area contributed by atoms with Crippen LogP contribution in [0.1, 0.15) is 91.3 Å². The fourth-order valence-corrected chi connectivity index (χ4v) is 6.53. The lowest BCUT2D eigenvalue weighted by Crippen LogP contribution is -2.52. The van der Waals surface area contributed by atoms with E-state index in [1.807, 2.05) is 13.8 Å². The highest BCUT2D eigenvalue weighted by atomic mass is 28.4. The molecule has 2 rings (SSSR count). The van der Waals surface area contributed by atoms with Crippen molar-refractivity contribution in [1.29, 1.82) is 0 Å². The minimum Gasteiger partial charge on any atom is -0.412 e. The molecule has 1 unspecified atom stereocenters. The molecular formula is C30H54N4O4Si. The van der Waals surface area contributed by atoms with Crippen molar-refractivity contribution in [1.82, 2.24) is 10.3 Å². The standard InChI is InChI=1S/C30H54N4O4Si/c1-20(2)22(29(37)34-27(28(36)24(32)19-35)25-15-11-12-16-33-25)18-26(38-39(6,7)30(3,4)5)23(31)17-21-13-9-8-10-14-21/h11-12,15-16,20-24,26-27,35H,8-10,13-14,17-19,31-32H2,1-7H3,(H,34,37)/t22-,23-,24-,26-,27?/m0/s1. The van der Waals surface area contributed by atoms with Crippen LogP contribution in [0.5, 0.6) is 0 Å². The van der Waals surface area contributed by atoms with Crippen LogP contribution >= 0.6 is 0 Å². The molecule has 1 heterocycles. The summed E-state index contributed by atoms with van der Waals surface area (Å²) >= 11 is 0. The zero-order valence-electron chi connectivity index (χ0n) is 25.3. The van der Waals surface area contributed by atoms with Crippen LogP contribution in [0.25, 0.3) is 0 Å². The Labute approximate surface area is 237 Å². The molecule has 1 saturated carbocycles. The van der Waals surface area contributed by atoms with E-state index < -0.39 is 38.7 Å². The van der Waals surface area contributed by atoms with Crippen molar-refractivity contribution in [2.45, 2.75) is 122 Å². The third-order valence-electron chi connectivity index (χ3n) is 8.80. The molecule has 1 aromatic rings. The van der Waals surface area contributed by atoms with Crippen LogP contribution < -0.4 is 16.8 Å². The van der Waals surface area contributed by atoms with Gasteiger partial charge in [-0.25, -0.2) is 0 Å². The molecule has 39 heavy (non-hydrogen) atoms. The van der Waals surface area contributed by atoms with Gasteiger partial charge in [-0.1, -0.05) is 72.8 Å². The topological polar surface area (TPSA) is 141 Å². The highest BCUT2D eigenvalue weighted by molar-refractivity contribution is 6.74. The Morgan fingerprint density at radius 3 is 2.31 bits per heavy atom. The summed E-state index contributed by atoms with van der Waals surface area (Å²) in [6.07, 6.45) is 8.87. The van der Waals surface area contributed by atoms with Gasteiger partial charge in [0.05, 0.1) is 24.4 Å². The largest absolute Gasteiger partial charge is 0.412 e. The van der Waals surface area contributed by atoms with E-state index in [9.17, 15) is 14.7 Å². The molecule has 0 radical (unpaired) electrons. The van der Waals surface area contributed by atoms with E-state index in [-0.39, 0.29) is 29.0 Å². The van der Waals surface area contributed by atoms with Gasteiger partial charge in [-0.05, 0) is 54.9 Å². The second-order valence-electron chi connectivity index (χ2n) is 13.3. The van der Waals surface area contributed by atoms with E-state index >= 15 is 0 Å². The Morgan fingerprint density at radius 2 is 1.79 bits per heavy atom. The Morgan fingerprint density at radius 1 is 1.15 bits per heavy atom. The molecule has 222 valence electrons. The number of nitrogens with one attached hydrogen (secondary N) is 1. The summed E-state index contributed by atoms with van der Waals surface area (Å²) in [4.78, 5) is 31.2. The van der Waals surface area contributed by atoms with E-state index in [2.05, 4.69) is 44.2 Å². The van der Waals surface area contributed by atoms with Crippen LogP contribution in [-0.2, 0) is 14.0 Å². The van der Waals surface area contributed by atoms with Gasteiger partial charge in [0.2, 0.25) is 5.91 Å². The number of pyridine rings is 1. The number of Topliss-reactive ketones (excluding diaryl/α,β-unsaturated/α-hetero) is 1. The molecule has 8 nitrogen and oxygen atoms in total. The fourth-order valence-electron chi connectivity index (χ4n) is 5.15. The van der Waals surface area contributed by atoms with Crippen molar-refractivity contribution in [2.75, 3.05) is 6.61 Å². The maximum atomic E-state index is 13.8. The Hall–Kier alpha value is -1.65. The minimum absolute atomic E-state index is 0.00230. The number of ketones is 1. The van der Waals surface area contributed by atoms with E-state index in [0.29, 0.717) is 18.0 Å². The van der Waals surface area contributed by atoms with Gasteiger partial charge in [-0.2, -0.15) is 0 Å². The van der Waals surface area contributed by atoms with Gasteiger partial charge in [-0.3, -0.25) is 14.6 Å². The molecule has 6 N–H and O–H groups in total. The molecule has 0 aromatic carbocycles. The third kappa shape index (κ3) is 9.74. The number of rotatable bonds is 14. The summed E-state index contributed by atoms with van der Waals surface area (Å²) in [5, 5.41) is 12.4. The molecular weight excluding hydrogens is 508 g/mol. The van der Waals surface area contributed by atoms with Gasteiger partial charge >= 0.3 is 0 Å². The SMILES string of the molecule is CC(C)[C@H](C[C@H](O[Si](C)(C)C(C)(C)C)[C@@H](N)CC1CCCCC1)C(=O)NC(C(=O)[C@@H](N)CO)c1ccccn1. The second kappa shape index (κ2) is 14.8. The highest BCUT2D eigenvalue weighted by Crippen LogP contribution is 2.39. The minimum atomic E-state index is -2.18. The first-order valence-electron chi connectivity index (χ1n) is 14.7. The Kier molecular flexibility index (Phi) is 12.8. The van der Waals surface area contributed by atoms with E-state index in [1.54, 1.807) is 24.4 Å². The van der Waals surface area contributed by atoms with Crippen molar-refractivity contribution < 1.29 is 19.1 Å². The molecule has 9 heteroatoms. The Bertz CT molecular complexity index is 900. The number of hydrogen-bond acceptors (Lipinski definition) is 7. The van der Waals surface area contributed by atoms with Gasteiger partial charge < -0.3 is 26.3 Å².